The maximum atomic E-state index is 12.1. The van der Waals surface area contributed by atoms with Crippen LogP contribution in [0.25, 0.3) is 10.2 Å². The van der Waals surface area contributed by atoms with Gasteiger partial charge >= 0.3 is 5.97 Å². The molecule has 1 unspecified atom stereocenters. The van der Waals surface area contributed by atoms with E-state index in [-0.39, 0.29) is 17.9 Å². The highest BCUT2D eigenvalue weighted by atomic mass is 32.1. The summed E-state index contributed by atoms with van der Waals surface area (Å²) < 4.78 is 5.13. The van der Waals surface area contributed by atoms with Gasteiger partial charge in [-0.1, -0.05) is 0 Å². The van der Waals surface area contributed by atoms with E-state index in [0.717, 1.165) is 22.2 Å². The number of fused-ring (bicyclic) bond motifs is 1. The molecule has 8 heteroatoms. The third-order valence-electron chi connectivity index (χ3n) is 3.97. The third kappa shape index (κ3) is 3.19. The first-order chi connectivity index (χ1) is 11.5. The molecule has 24 heavy (non-hydrogen) atoms. The summed E-state index contributed by atoms with van der Waals surface area (Å²) in [5, 5.41) is 7.10. The minimum absolute atomic E-state index is 0.0772. The molecule has 1 atom stereocenters. The van der Waals surface area contributed by atoms with Crippen molar-refractivity contribution in [1.29, 1.82) is 0 Å². The molecule has 7 nitrogen and oxygen atoms in total. The van der Waals surface area contributed by atoms with Crippen LogP contribution in [0, 0.1) is 13.8 Å². The molecule has 2 aromatic heterocycles. The van der Waals surface area contributed by atoms with E-state index in [1.165, 1.54) is 11.3 Å². The molecule has 0 radical (unpaired) electrons. The highest BCUT2D eigenvalue weighted by molar-refractivity contribution is 7.20. The van der Waals surface area contributed by atoms with Crippen molar-refractivity contribution in [3.63, 3.8) is 0 Å². The molecule has 3 rings (SSSR count). The first kappa shape index (κ1) is 16.6. The Bertz CT molecular complexity index is 792. The number of esters is 1. The zero-order valence-corrected chi connectivity index (χ0v) is 14.7. The Morgan fingerprint density at radius 2 is 2.21 bits per heavy atom. The summed E-state index contributed by atoms with van der Waals surface area (Å²) in [6, 6.07) is 0.116. The molecule has 0 saturated carbocycles. The summed E-state index contributed by atoms with van der Waals surface area (Å²) in [6.45, 7) is 6.40. The average molecular weight is 348 g/mol. The van der Waals surface area contributed by atoms with E-state index in [4.69, 9.17) is 4.74 Å². The van der Waals surface area contributed by atoms with Crippen LogP contribution in [-0.2, 0) is 9.53 Å². The van der Waals surface area contributed by atoms with E-state index in [9.17, 15) is 9.59 Å². The van der Waals surface area contributed by atoms with E-state index in [1.54, 1.807) is 6.92 Å². The van der Waals surface area contributed by atoms with Crippen LogP contribution in [0.2, 0.25) is 0 Å². The summed E-state index contributed by atoms with van der Waals surface area (Å²) in [5.74, 6) is 1.10. The molecular weight excluding hydrogens is 328 g/mol. The van der Waals surface area contributed by atoms with E-state index >= 15 is 0 Å². The van der Waals surface area contributed by atoms with Gasteiger partial charge in [-0.3, -0.25) is 4.79 Å². The second-order valence-corrected chi connectivity index (χ2v) is 6.76. The number of anilines is 1. The molecule has 3 heterocycles. The van der Waals surface area contributed by atoms with Crippen LogP contribution in [0.4, 0.5) is 5.82 Å². The molecule has 0 spiro atoms. The van der Waals surface area contributed by atoms with Gasteiger partial charge in [0.15, 0.2) is 0 Å². The number of piperidine rings is 1. The maximum Gasteiger partial charge on any atom is 0.348 e. The van der Waals surface area contributed by atoms with E-state index in [2.05, 4.69) is 20.6 Å². The van der Waals surface area contributed by atoms with Crippen molar-refractivity contribution < 1.29 is 14.3 Å². The molecule has 2 aromatic rings. The second kappa shape index (κ2) is 6.72. The zero-order chi connectivity index (χ0) is 17.3. The highest BCUT2D eigenvalue weighted by Gasteiger charge is 2.23. The summed E-state index contributed by atoms with van der Waals surface area (Å²) in [4.78, 5) is 33.7. The quantitative estimate of drug-likeness (QED) is 0.823. The monoisotopic (exact) mass is 348 g/mol. The molecular formula is C16H20N4O3S. The lowest BCUT2D eigenvalue weighted by Crippen LogP contribution is -2.42. The fourth-order valence-electron chi connectivity index (χ4n) is 2.79. The molecule has 0 bridgehead atoms. The van der Waals surface area contributed by atoms with Crippen LogP contribution < -0.4 is 10.6 Å². The van der Waals surface area contributed by atoms with Crippen molar-refractivity contribution in [1.82, 2.24) is 15.3 Å². The van der Waals surface area contributed by atoms with Crippen LogP contribution in [-0.4, -0.2) is 41.0 Å². The third-order valence-corrected chi connectivity index (χ3v) is 5.13. The predicted octanol–water partition coefficient (Wildman–Crippen LogP) is 2.18. The van der Waals surface area contributed by atoms with Crippen molar-refractivity contribution >= 4 is 39.2 Å². The van der Waals surface area contributed by atoms with Crippen LogP contribution >= 0.6 is 11.3 Å². The topological polar surface area (TPSA) is 93.2 Å². The number of carbonyl (C=O) groups excluding carboxylic acids is 2. The van der Waals surface area contributed by atoms with Gasteiger partial charge < -0.3 is 15.4 Å². The van der Waals surface area contributed by atoms with Crippen LogP contribution in [0.15, 0.2) is 0 Å². The predicted molar refractivity (Wildman–Crippen MR) is 92.5 cm³/mol. The molecule has 1 amide bonds. The summed E-state index contributed by atoms with van der Waals surface area (Å²) >= 11 is 1.33. The lowest BCUT2D eigenvalue weighted by Gasteiger charge is -2.24. The Labute approximate surface area is 143 Å². The van der Waals surface area contributed by atoms with Crippen LogP contribution in [0.1, 0.15) is 40.8 Å². The largest absolute Gasteiger partial charge is 0.462 e. The lowest BCUT2D eigenvalue weighted by molar-refractivity contribution is -0.122. The zero-order valence-electron chi connectivity index (χ0n) is 13.9. The second-order valence-electron chi connectivity index (χ2n) is 5.76. The fourth-order valence-corrected chi connectivity index (χ4v) is 3.91. The van der Waals surface area contributed by atoms with Gasteiger partial charge in [0.25, 0.3) is 0 Å². The number of aromatic nitrogens is 2. The molecule has 0 aromatic carbocycles. The van der Waals surface area contributed by atoms with E-state index in [0.29, 0.717) is 36.1 Å². The SMILES string of the molecule is CCOC(=O)c1sc2nc(C)nc(NC3CCC(=O)NC3)c2c1C. The Kier molecular flexibility index (Phi) is 4.66. The van der Waals surface area contributed by atoms with Gasteiger partial charge in [-0.25, -0.2) is 14.8 Å². The molecule has 1 aliphatic rings. The molecule has 1 fully saturated rings. The molecule has 2 N–H and O–H groups in total. The number of aryl methyl sites for hydroxylation is 2. The van der Waals surface area contributed by atoms with Gasteiger partial charge in [-0.05, 0) is 32.8 Å². The van der Waals surface area contributed by atoms with Gasteiger partial charge in [-0.2, -0.15) is 0 Å². The Hall–Kier alpha value is -2.22. The van der Waals surface area contributed by atoms with Crippen molar-refractivity contribution in [2.24, 2.45) is 0 Å². The minimum atomic E-state index is -0.327. The first-order valence-electron chi connectivity index (χ1n) is 7.97. The van der Waals surface area contributed by atoms with Crippen molar-refractivity contribution in [2.45, 2.75) is 39.7 Å². The van der Waals surface area contributed by atoms with Gasteiger partial charge in [0.2, 0.25) is 5.91 Å². The fraction of sp³-hybridized carbons (Fsp3) is 0.500. The number of amides is 1. The van der Waals surface area contributed by atoms with Gasteiger partial charge in [-0.15, -0.1) is 11.3 Å². The average Bonchev–Trinajstić information content (AvgIpc) is 2.86. The number of rotatable bonds is 4. The Morgan fingerprint density at radius 3 is 2.88 bits per heavy atom. The Morgan fingerprint density at radius 1 is 1.42 bits per heavy atom. The standard InChI is InChI=1S/C16H20N4O3S/c1-4-23-16(22)13-8(2)12-14(18-9(3)19-15(12)24-13)20-10-5-6-11(21)17-7-10/h10H,4-7H2,1-3H3,(H,17,21)(H,18,19,20). The lowest BCUT2D eigenvalue weighted by atomic mass is 10.1. The minimum Gasteiger partial charge on any atom is -0.462 e. The summed E-state index contributed by atoms with van der Waals surface area (Å²) in [5.41, 5.74) is 0.829. The van der Waals surface area contributed by atoms with Gasteiger partial charge in [0, 0.05) is 19.0 Å². The normalized spacial score (nSPS) is 17.6. The summed E-state index contributed by atoms with van der Waals surface area (Å²) in [6.07, 6.45) is 1.26. The number of thiophene rings is 1. The number of hydrogen-bond acceptors (Lipinski definition) is 7. The number of ether oxygens (including phenoxy) is 1. The van der Waals surface area contributed by atoms with Crippen LogP contribution in [0.5, 0.6) is 0 Å². The number of carbonyl (C=O) groups is 2. The molecule has 128 valence electrons. The summed E-state index contributed by atoms with van der Waals surface area (Å²) in [7, 11) is 0. The smallest absolute Gasteiger partial charge is 0.348 e. The number of hydrogen-bond donors (Lipinski definition) is 2. The van der Waals surface area contributed by atoms with Crippen molar-refractivity contribution in [3.05, 3.63) is 16.3 Å². The van der Waals surface area contributed by atoms with Gasteiger partial charge in [0.05, 0.1) is 12.0 Å². The maximum absolute atomic E-state index is 12.1. The van der Waals surface area contributed by atoms with Crippen molar-refractivity contribution in [2.75, 3.05) is 18.5 Å². The number of nitrogens with zero attached hydrogens (tertiary/aromatic N) is 2. The van der Waals surface area contributed by atoms with Crippen LogP contribution in [0.3, 0.4) is 0 Å². The number of nitrogens with one attached hydrogen (secondary N) is 2. The van der Waals surface area contributed by atoms with E-state index < -0.39 is 0 Å². The highest BCUT2D eigenvalue weighted by Crippen LogP contribution is 2.34. The molecule has 1 aliphatic heterocycles. The van der Waals surface area contributed by atoms with Gasteiger partial charge in [0.1, 0.15) is 21.3 Å². The van der Waals surface area contributed by atoms with E-state index in [1.807, 2.05) is 13.8 Å². The van der Waals surface area contributed by atoms with Crippen molar-refractivity contribution in [3.8, 4) is 0 Å². The Balaban J connectivity index is 1.97. The molecule has 0 aliphatic carbocycles. The molecule has 1 saturated heterocycles. The first-order valence-corrected chi connectivity index (χ1v) is 8.79.